The number of hydrogen-bond acceptors (Lipinski definition) is 2. The molecule has 1 aliphatic carbocycles. The van der Waals surface area contributed by atoms with Gasteiger partial charge in [0, 0.05) is 25.2 Å². The molecule has 0 aliphatic heterocycles. The summed E-state index contributed by atoms with van der Waals surface area (Å²) in [4.78, 5) is 0. The molecule has 3 heteroatoms. The fourth-order valence-electron chi connectivity index (χ4n) is 2.91. The van der Waals surface area contributed by atoms with Crippen molar-refractivity contribution in [3.05, 3.63) is 17.5 Å². The van der Waals surface area contributed by atoms with Gasteiger partial charge in [0.15, 0.2) is 0 Å². The molecule has 3 nitrogen and oxygen atoms in total. The van der Waals surface area contributed by atoms with E-state index in [4.69, 9.17) is 5.73 Å². The van der Waals surface area contributed by atoms with E-state index in [0.717, 1.165) is 18.8 Å². The number of aryl methyl sites for hydroxylation is 2. The lowest BCUT2D eigenvalue weighted by atomic mass is 9.82. The average Bonchev–Trinajstić information content (AvgIpc) is 2.71. The molecule has 1 fully saturated rings. The van der Waals surface area contributed by atoms with Gasteiger partial charge in [-0.05, 0) is 31.2 Å². The van der Waals surface area contributed by atoms with E-state index in [0.29, 0.717) is 6.04 Å². The van der Waals surface area contributed by atoms with Crippen LogP contribution in [0.3, 0.4) is 0 Å². The zero-order chi connectivity index (χ0) is 12.3. The summed E-state index contributed by atoms with van der Waals surface area (Å²) in [6.45, 7) is 2.15. The normalized spacial score (nSPS) is 19.5. The summed E-state index contributed by atoms with van der Waals surface area (Å²) in [5, 5.41) is 4.49. The highest BCUT2D eigenvalue weighted by Crippen LogP contribution is 2.27. The van der Waals surface area contributed by atoms with Crippen molar-refractivity contribution in [2.45, 2.75) is 57.9 Å². The van der Waals surface area contributed by atoms with Crippen molar-refractivity contribution in [2.24, 2.45) is 18.7 Å². The molecule has 1 atom stereocenters. The fourth-order valence-corrected chi connectivity index (χ4v) is 2.91. The van der Waals surface area contributed by atoms with Crippen molar-refractivity contribution < 1.29 is 0 Å². The molecule has 1 aromatic heterocycles. The van der Waals surface area contributed by atoms with Gasteiger partial charge in [0.2, 0.25) is 0 Å². The maximum Gasteiger partial charge on any atom is 0.0624 e. The Bertz CT molecular complexity index is 350. The van der Waals surface area contributed by atoms with E-state index in [1.807, 2.05) is 11.7 Å². The lowest BCUT2D eigenvalue weighted by Crippen LogP contribution is -2.34. The molecule has 96 valence electrons. The lowest BCUT2D eigenvalue weighted by Gasteiger charge is -2.27. The van der Waals surface area contributed by atoms with Gasteiger partial charge in [0.1, 0.15) is 0 Å². The number of nitrogens with zero attached hydrogens (tertiary/aromatic N) is 2. The Morgan fingerprint density at radius 2 is 2.12 bits per heavy atom. The van der Waals surface area contributed by atoms with Crippen LogP contribution in [0.4, 0.5) is 0 Å². The SMILES string of the molecule is CCc1cc(CC(N)C2CCCCC2)n(C)n1. The molecular formula is C14H25N3. The Kier molecular flexibility index (Phi) is 4.21. The molecule has 0 bridgehead atoms. The molecule has 0 saturated heterocycles. The van der Waals surface area contributed by atoms with E-state index in [9.17, 15) is 0 Å². The van der Waals surface area contributed by atoms with E-state index in [2.05, 4.69) is 18.1 Å². The number of hydrogen-bond donors (Lipinski definition) is 1. The predicted molar refractivity (Wildman–Crippen MR) is 70.8 cm³/mol. The number of nitrogens with two attached hydrogens (primary N) is 1. The van der Waals surface area contributed by atoms with E-state index >= 15 is 0 Å². The first kappa shape index (κ1) is 12.6. The van der Waals surface area contributed by atoms with Crippen molar-refractivity contribution in [3.8, 4) is 0 Å². The third kappa shape index (κ3) is 3.09. The van der Waals surface area contributed by atoms with Crippen LogP contribution in [0.25, 0.3) is 0 Å². The van der Waals surface area contributed by atoms with Crippen LogP contribution < -0.4 is 5.73 Å². The summed E-state index contributed by atoms with van der Waals surface area (Å²) in [6, 6.07) is 2.53. The largest absolute Gasteiger partial charge is 0.327 e. The average molecular weight is 235 g/mol. The first-order valence-electron chi connectivity index (χ1n) is 6.98. The van der Waals surface area contributed by atoms with Gasteiger partial charge in [0.05, 0.1) is 5.69 Å². The number of rotatable bonds is 4. The number of aromatic nitrogens is 2. The van der Waals surface area contributed by atoms with Crippen LogP contribution in [-0.2, 0) is 19.9 Å². The zero-order valence-corrected chi connectivity index (χ0v) is 11.2. The Balaban J connectivity index is 1.96. The summed E-state index contributed by atoms with van der Waals surface area (Å²) in [5.41, 5.74) is 8.83. The van der Waals surface area contributed by atoms with E-state index in [-0.39, 0.29) is 0 Å². The second-order valence-corrected chi connectivity index (χ2v) is 5.37. The summed E-state index contributed by atoms with van der Waals surface area (Å²) >= 11 is 0. The van der Waals surface area contributed by atoms with Crippen LogP contribution in [0.2, 0.25) is 0 Å². The quantitative estimate of drug-likeness (QED) is 0.871. The second kappa shape index (κ2) is 5.67. The molecule has 0 radical (unpaired) electrons. The predicted octanol–water partition coefficient (Wildman–Crippen LogP) is 2.43. The lowest BCUT2D eigenvalue weighted by molar-refractivity contribution is 0.301. The van der Waals surface area contributed by atoms with Gasteiger partial charge < -0.3 is 5.73 Å². The minimum absolute atomic E-state index is 0.315. The van der Waals surface area contributed by atoms with Gasteiger partial charge in [-0.2, -0.15) is 5.10 Å². The smallest absolute Gasteiger partial charge is 0.0624 e. The Hall–Kier alpha value is -0.830. The van der Waals surface area contributed by atoms with Crippen LogP contribution in [0.5, 0.6) is 0 Å². The Morgan fingerprint density at radius 1 is 1.41 bits per heavy atom. The maximum absolute atomic E-state index is 6.36. The molecule has 0 aromatic carbocycles. The van der Waals surface area contributed by atoms with Crippen LogP contribution in [0.15, 0.2) is 6.07 Å². The van der Waals surface area contributed by atoms with Crippen molar-refractivity contribution in [1.29, 1.82) is 0 Å². The third-order valence-electron chi connectivity index (χ3n) is 4.09. The molecule has 2 rings (SSSR count). The van der Waals surface area contributed by atoms with Gasteiger partial charge in [-0.3, -0.25) is 4.68 Å². The van der Waals surface area contributed by atoms with Gasteiger partial charge in [0.25, 0.3) is 0 Å². The zero-order valence-electron chi connectivity index (χ0n) is 11.2. The van der Waals surface area contributed by atoms with Crippen LogP contribution >= 0.6 is 0 Å². The van der Waals surface area contributed by atoms with Crippen molar-refractivity contribution in [2.75, 3.05) is 0 Å². The molecule has 1 heterocycles. The Morgan fingerprint density at radius 3 is 2.71 bits per heavy atom. The van der Waals surface area contributed by atoms with Crippen molar-refractivity contribution in [3.63, 3.8) is 0 Å². The molecule has 0 spiro atoms. The minimum Gasteiger partial charge on any atom is -0.327 e. The van der Waals surface area contributed by atoms with Crippen LogP contribution in [0.1, 0.15) is 50.4 Å². The van der Waals surface area contributed by atoms with Gasteiger partial charge >= 0.3 is 0 Å². The topological polar surface area (TPSA) is 43.8 Å². The minimum atomic E-state index is 0.315. The molecular weight excluding hydrogens is 210 g/mol. The van der Waals surface area contributed by atoms with E-state index in [1.54, 1.807) is 0 Å². The van der Waals surface area contributed by atoms with Crippen molar-refractivity contribution >= 4 is 0 Å². The van der Waals surface area contributed by atoms with Crippen LogP contribution in [-0.4, -0.2) is 15.8 Å². The first-order valence-corrected chi connectivity index (χ1v) is 6.98. The summed E-state index contributed by atoms with van der Waals surface area (Å²) < 4.78 is 2.00. The molecule has 1 unspecified atom stereocenters. The van der Waals surface area contributed by atoms with Gasteiger partial charge in [-0.25, -0.2) is 0 Å². The van der Waals surface area contributed by atoms with Crippen LogP contribution in [0, 0.1) is 5.92 Å². The maximum atomic E-state index is 6.36. The molecule has 0 amide bonds. The monoisotopic (exact) mass is 235 g/mol. The highest BCUT2D eigenvalue weighted by atomic mass is 15.3. The van der Waals surface area contributed by atoms with E-state index < -0.39 is 0 Å². The molecule has 1 saturated carbocycles. The summed E-state index contributed by atoms with van der Waals surface area (Å²) in [6.07, 6.45) is 8.75. The highest BCUT2D eigenvalue weighted by molar-refractivity contribution is 5.11. The van der Waals surface area contributed by atoms with Gasteiger partial charge in [-0.15, -0.1) is 0 Å². The second-order valence-electron chi connectivity index (χ2n) is 5.37. The highest BCUT2D eigenvalue weighted by Gasteiger charge is 2.21. The summed E-state index contributed by atoms with van der Waals surface area (Å²) in [7, 11) is 2.03. The Labute approximate surface area is 104 Å². The van der Waals surface area contributed by atoms with Gasteiger partial charge in [-0.1, -0.05) is 26.2 Å². The summed E-state index contributed by atoms with van der Waals surface area (Å²) in [5.74, 6) is 0.726. The molecule has 2 N–H and O–H groups in total. The fraction of sp³-hybridized carbons (Fsp3) is 0.786. The van der Waals surface area contributed by atoms with E-state index in [1.165, 1.54) is 43.5 Å². The standard InChI is InChI=1S/C14H25N3/c1-3-12-9-13(17(2)16-12)10-14(15)11-7-5-4-6-8-11/h9,11,14H,3-8,10,15H2,1-2H3. The van der Waals surface area contributed by atoms with Crippen molar-refractivity contribution in [1.82, 2.24) is 9.78 Å². The first-order chi connectivity index (χ1) is 8.20. The molecule has 17 heavy (non-hydrogen) atoms. The molecule has 1 aromatic rings. The molecule has 1 aliphatic rings. The third-order valence-corrected chi connectivity index (χ3v) is 4.09.